The summed E-state index contributed by atoms with van der Waals surface area (Å²) in [6.07, 6.45) is -20.8. The van der Waals surface area contributed by atoms with E-state index in [2.05, 4.69) is 0 Å². The van der Waals surface area contributed by atoms with Crippen molar-refractivity contribution in [3.05, 3.63) is 0 Å². The summed E-state index contributed by atoms with van der Waals surface area (Å²) in [4.78, 5) is 23.8. The van der Waals surface area contributed by atoms with Crippen LogP contribution in [-0.4, -0.2) is 28.8 Å². The highest BCUT2D eigenvalue weighted by atomic mass is 16.6. The molecule has 0 bridgehead atoms. The van der Waals surface area contributed by atoms with Gasteiger partial charge in [0, 0.05) is 15.1 Å². The smallest absolute Gasteiger partial charge is 0.408 e. The molecule has 0 heterocycles. The first-order valence-corrected chi connectivity index (χ1v) is 5.16. The fraction of sp³-hybridized carbons (Fsp3) is 0.846. The molecule has 1 aliphatic rings. The van der Waals surface area contributed by atoms with Gasteiger partial charge in [-0.05, 0) is 39.4 Å². The van der Waals surface area contributed by atoms with Crippen LogP contribution in [0.3, 0.4) is 0 Å². The minimum atomic E-state index is -3.92. The molecule has 1 aliphatic carbocycles. The number of ether oxygens (including phenoxy) is 1. The van der Waals surface area contributed by atoms with E-state index in [1.165, 1.54) is 20.8 Å². The molecule has 0 saturated heterocycles. The van der Waals surface area contributed by atoms with Gasteiger partial charge in [-0.2, -0.15) is 0 Å². The van der Waals surface area contributed by atoms with Crippen LogP contribution in [0.1, 0.15) is 67.7 Å². The highest BCUT2D eigenvalue weighted by molar-refractivity contribution is 5.80. The van der Waals surface area contributed by atoms with Crippen LogP contribution in [0.25, 0.3) is 0 Å². The number of carbonyl (C=O) groups is 2. The molecule has 0 unspecified atom stereocenters. The molecule has 1 rings (SSSR count). The van der Waals surface area contributed by atoms with Crippen molar-refractivity contribution in [3.63, 3.8) is 0 Å². The Hall–Kier alpha value is -1.26. The van der Waals surface area contributed by atoms with Crippen molar-refractivity contribution >= 4 is 12.1 Å². The van der Waals surface area contributed by atoms with Crippen molar-refractivity contribution in [2.45, 2.75) is 64.3 Å². The summed E-state index contributed by atoms with van der Waals surface area (Å²) < 4.78 is 92.1. The monoisotopic (exact) mass is 268 g/mol. The lowest BCUT2D eigenvalue weighted by Gasteiger charge is -2.29. The summed E-state index contributed by atoms with van der Waals surface area (Å²) in [5.74, 6) is -6.01. The summed E-state index contributed by atoms with van der Waals surface area (Å²) in [7, 11) is 0. The second kappa shape index (κ2) is 6.07. The van der Waals surface area contributed by atoms with E-state index in [1.807, 2.05) is 0 Å². The van der Waals surface area contributed by atoms with Crippen LogP contribution in [0.15, 0.2) is 0 Å². The molecule has 5 heteroatoms. The first-order valence-electron chi connectivity index (χ1n) is 10.7. The first-order chi connectivity index (χ1) is 12.4. The minimum absolute atomic E-state index is 1.16. The van der Waals surface area contributed by atoms with Crippen LogP contribution in [0.5, 0.6) is 0 Å². The lowest BCUT2D eigenvalue weighted by Crippen LogP contribution is -2.48. The summed E-state index contributed by atoms with van der Waals surface area (Å²) in [6.45, 7) is 4.22. The molecule has 5 nitrogen and oxygen atoms in total. The molecule has 0 radical (unpaired) electrons. The standard InChI is InChI=1S/C13H23NO4/c1-13(2,3)18-12(17)14-10(11(15)16)9-7-5-4-6-8-9/h9-10H,4-8H2,1-3H3,(H,14,17)(H,15,16)/t10-/m0/s1/i4D2,5D2,6D2,7D2,8D2,9D. The van der Waals surface area contributed by atoms with Gasteiger partial charge in [0.2, 0.25) is 0 Å². The fourth-order valence-corrected chi connectivity index (χ4v) is 1.09. The van der Waals surface area contributed by atoms with Crippen LogP contribution < -0.4 is 5.32 Å². The Kier molecular flexibility index (Phi) is 1.82. The Balaban J connectivity index is 3.77. The topological polar surface area (TPSA) is 75.6 Å². The number of hydrogen-bond donors (Lipinski definition) is 2. The van der Waals surface area contributed by atoms with Crippen molar-refractivity contribution in [2.75, 3.05) is 0 Å². The van der Waals surface area contributed by atoms with Gasteiger partial charge in [-0.1, -0.05) is 19.1 Å². The third-order valence-electron chi connectivity index (χ3n) is 1.72. The zero-order valence-electron chi connectivity index (χ0n) is 21.2. The number of alkyl carbamates (subject to hydrolysis) is 1. The molecule has 0 aromatic carbocycles. The molecule has 2 N–H and O–H groups in total. The van der Waals surface area contributed by atoms with Gasteiger partial charge in [0.1, 0.15) is 11.6 Å². The SMILES string of the molecule is [2H]C1([2H])C([2H])([2H])C([2H])([2H])C([2H])([C@H](NC(=O)OC(C)(C)C)C(=O)O)C([2H])([2H])C1([2H])[2H]. The molecule has 1 amide bonds. The maximum absolute atomic E-state index is 12.0. The number of hydrogen-bond acceptors (Lipinski definition) is 3. The van der Waals surface area contributed by atoms with Crippen LogP contribution in [-0.2, 0) is 9.53 Å². The summed E-state index contributed by atoms with van der Waals surface area (Å²) >= 11 is 0. The molecule has 104 valence electrons. The number of amides is 1. The van der Waals surface area contributed by atoms with E-state index in [-0.39, 0.29) is 0 Å². The molecule has 0 aromatic heterocycles. The molecular formula is C13H23NO4. The molecule has 1 atom stereocenters. The summed E-state index contributed by atoms with van der Waals surface area (Å²) in [5.41, 5.74) is -1.16. The Bertz CT molecular complexity index is 671. The molecule has 18 heavy (non-hydrogen) atoms. The zero-order chi connectivity index (χ0) is 23.6. The van der Waals surface area contributed by atoms with Crippen molar-refractivity contribution in [1.82, 2.24) is 5.32 Å². The van der Waals surface area contributed by atoms with Gasteiger partial charge in [-0.3, -0.25) is 0 Å². The van der Waals surface area contributed by atoms with Gasteiger partial charge in [-0.25, -0.2) is 9.59 Å². The number of nitrogens with one attached hydrogen (secondary N) is 1. The predicted molar refractivity (Wildman–Crippen MR) is 67.4 cm³/mol. The van der Waals surface area contributed by atoms with E-state index in [9.17, 15) is 14.7 Å². The van der Waals surface area contributed by atoms with Gasteiger partial charge < -0.3 is 15.2 Å². The van der Waals surface area contributed by atoms with Crippen molar-refractivity contribution in [3.8, 4) is 0 Å². The molecule has 1 saturated carbocycles. The van der Waals surface area contributed by atoms with E-state index < -0.39 is 61.5 Å². The minimum Gasteiger partial charge on any atom is -0.480 e. The number of aliphatic carboxylic acids is 1. The van der Waals surface area contributed by atoms with E-state index in [1.54, 1.807) is 5.32 Å². The molecular weight excluding hydrogens is 234 g/mol. The third-order valence-corrected chi connectivity index (χ3v) is 1.72. The van der Waals surface area contributed by atoms with E-state index >= 15 is 0 Å². The van der Waals surface area contributed by atoms with Crippen LogP contribution in [0, 0.1) is 5.89 Å². The lowest BCUT2D eigenvalue weighted by atomic mass is 9.84. The van der Waals surface area contributed by atoms with Crippen molar-refractivity contribution in [1.29, 1.82) is 0 Å². The second-order valence-corrected chi connectivity index (χ2v) is 4.46. The van der Waals surface area contributed by atoms with Gasteiger partial charge >= 0.3 is 12.1 Å². The van der Waals surface area contributed by atoms with Crippen LogP contribution in [0.4, 0.5) is 4.79 Å². The van der Waals surface area contributed by atoms with Gasteiger partial charge in [0.25, 0.3) is 0 Å². The van der Waals surface area contributed by atoms with Crippen molar-refractivity contribution < 1.29 is 34.5 Å². The maximum atomic E-state index is 12.0. The number of carboxylic acids is 1. The lowest BCUT2D eigenvalue weighted by molar-refractivity contribution is -0.141. The Morgan fingerprint density at radius 1 is 1.39 bits per heavy atom. The first kappa shape index (κ1) is 5.39. The molecule has 1 fully saturated rings. The summed E-state index contributed by atoms with van der Waals surface area (Å²) in [5, 5.41) is 11.1. The Morgan fingerprint density at radius 2 is 1.94 bits per heavy atom. The van der Waals surface area contributed by atoms with E-state index in [0.29, 0.717) is 0 Å². The third kappa shape index (κ3) is 4.94. The second-order valence-electron chi connectivity index (χ2n) is 4.46. The Morgan fingerprint density at radius 3 is 2.39 bits per heavy atom. The quantitative estimate of drug-likeness (QED) is 0.824. The van der Waals surface area contributed by atoms with Crippen LogP contribution >= 0.6 is 0 Å². The maximum Gasteiger partial charge on any atom is 0.408 e. The normalized spacial score (nSPS) is 43.8. The predicted octanol–water partition coefficient (Wildman–Crippen LogP) is 2.54. The average Bonchev–Trinajstić information content (AvgIpc) is 2.47. The highest BCUT2D eigenvalue weighted by Gasteiger charge is 2.32. The Labute approximate surface area is 123 Å². The highest BCUT2D eigenvalue weighted by Crippen LogP contribution is 2.26. The average molecular weight is 268 g/mol. The number of carboxylic acid groups (broad SMARTS) is 1. The zero-order valence-corrected chi connectivity index (χ0v) is 10.2. The van der Waals surface area contributed by atoms with Gasteiger partial charge in [0.05, 0.1) is 0 Å². The number of carbonyl (C=O) groups excluding carboxylic acids is 1. The van der Waals surface area contributed by atoms with Crippen molar-refractivity contribution in [2.24, 2.45) is 5.89 Å². The fourth-order valence-electron chi connectivity index (χ4n) is 1.09. The van der Waals surface area contributed by atoms with E-state index in [4.69, 9.17) is 19.8 Å². The molecule has 0 aromatic rings. The molecule has 0 aliphatic heterocycles. The molecule has 0 spiro atoms. The van der Waals surface area contributed by atoms with Gasteiger partial charge in [-0.15, -0.1) is 0 Å². The summed E-state index contributed by atoms with van der Waals surface area (Å²) in [6, 6.07) is -2.83. The van der Waals surface area contributed by atoms with Gasteiger partial charge in [0.15, 0.2) is 0 Å². The number of rotatable bonds is 3. The van der Waals surface area contributed by atoms with E-state index in [0.717, 1.165) is 0 Å². The van der Waals surface area contributed by atoms with Crippen LogP contribution in [0.2, 0.25) is 0 Å². The largest absolute Gasteiger partial charge is 0.480 e.